The number of aromatic amines is 1. The SMILES string of the molecule is O=C(Nc1ccc(Cl)c(-c2nc3ccccc3[nH]2)c1)c1cccn(Cc2ccc(F)cc2)c1=O. The first-order chi connectivity index (χ1) is 16.5. The fourth-order valence-electron chi connectivity index (χ4n) is 3.68. The molecule has 0 aliphatic rings. The van der Waals surface area contributed by atoms with Crippen LogP contribution in [0.4, 0.5) is 10.1 Å². The van der Waals surface area contributed by atoms with Crippen LogP contribution in [0.25, 0.3) is 22.4 Å². The van der Waals surface area contributed by atoms with Gasteiger partial charge in [0.1, 0.15) is 17.2 Å². The number of anilines is 1. The molecular formula is C26H18ClFN4O2. The second-order valence-electron chi connectivity index (χ2n) is 7.73. The molecule has 2 heterocycles. The Hall–Kier alpha value is -4.23. The van der Waals surface area contributed by atoms with Gasteiger partial charge in [0.05, 0.1) is 22.6 Å². The highest BCUT2D eigenvalue weighted by Gasteiger charge is 2.15. The van der Waals surface area contributed by atoms with Crippen molar-refractivity contribution in [2.45, 2.75) is 6.54 Å². The summed E-state index contributed by atoms with van der Waals surface area (Å²) in [5.74, 6) is -0.325. The standard InChI is InChI=1S/C26H18ClFN4O2/c27-21-12-11-18(14-20(21)24-30-22-5-1-2-6-23(22)31-24)29-25(33)19-4-3-13-32(26(19)34)15-16-7-9-17(28)10-8-16/h1-14H,15H2,(H,29,33)(H,30,31). The van der Waals surface area contributed by atoms with Gasteiger partial charge in [-0.25, -0.2) is 9.37 Å². The van der Waals surface area contributed by atoms with Crippen molar-refractivity contribution >= 4 is 34.2 Å². The van der Waals surface area contributed by atoms with Crippen molar-refractivity contribution in [1.82, 2.24) is 14.5 Å². The zero-order valence-electron chi connectivity index (χ0n) is 17.8. The molecule has 0 bridgehead atoms. The van der Waals surface area contributed by atoms with Gasteiger partial charge in [0.2, 0.25) is 0 Å². The van der Waals surface area contributed by atoms with Gasteiger partial charge in [-0.15, -0.1) is 0 Å². The van der Waals surface area contributed by atoms with Gasteiger partial charge in [-0.3, -0.25) is 9.59 Å². The predicted molar refractivity (Wildman–Crippen MR) is 131 cm³/mol. The number of amides is 1. The lowest BCUT2D eigenvalue weighted by Crippen LogP contribution is -2.29. The second-order valence-corrected chi connectivity index (χ2v) is 8.14. The molecule has 0 spiro atoms. The summed E-state index contributed by atoms with van der Waals surface area (Å²) in [6.07, 6.45) is 1.59. The number of pyridine rings is 1. The van der Waals surface area contributed by atoms with Crippen molar-refractivity contribution < 1.29 is 9.18 Å². The van der Waals surface area contributed by atoms with Gasteiger partial charge < -0.3 is 14.9 Å². The molecule has 168 valence electrons. The fraction of sp³-hybridized carbons (Fsp3) is 0.0385. The Bertz CT molecular complexity index is 1540. The minimum atomic E-state index is -0.545. The van der Waals surface area contributed by atoms with Gasteiger partial charge in [-0.1, -0.05) is 35.9 Å². The Morgan fingerprint density at radius 1 is 1.03 bits per heavy atom. The number of aromatic nitrogens is 3. The summed E-state index contributed by atoms with van der Waals surface area (Å²) in [4.78, 5) is 33.6. The Balaban J connectivity index is 1.41. The van der Waals surface area contributed by atoms with E-state index in [-0.39, 0.29) is 17.9 Å². The molecule has 0 atom stereocenters. The number of carbonyl (C=O) groups is 1. The first-order valence-electron chi connectivity index (χ1n) is 10.5. The average Bonchev–Trinajstić information content (AvgIpc) is 3.27. The first-order valence-corrected chi connectivity index (χ1v) is 10.9. The van der Waals surface area contributed by atoms with E-state index < -0.39 is 11.5 Å². The molecule has 6 nitrogen and oxygen atoms in total. The van der Waals surface area contributed by atoms with E-state index in [1.54, 1.807) is 42.6 Å². The number of halogens is 2. The molecule has 1 amide bonds. The van der Waals surface area contributed by atoms with E-state index in [9.17, 15) is 14.0 Å². The third-order valence-corrected chi connectivity index (χ3v) is 5.73. The summed E-state index contributed by atoms with van der Waals surface area (Å²) in [6.45, 7) is 0.220. The number of nitrogens with one attached hydrogen (secondary N) is 2. The Kier molecular flexibility index (Phi) is 5.69. The third-order valence-electron chi connectivity index (χ3n) is 5.40. The van der Waals surface area contributed by atoms with Crippen LogP contribution >= 0.6 is 11.6 Å². The van der Waals surface area contributed by atoms with Gasteiger partial charge in [0.15, 0.2) is 0 Å². The Morgan fingerprint density at radius 3 is 2.62 bits per heavy atom. The summed E-state index contributed by atoms with van der Waals surface area (Å²) in [6, 6.07) is 21.6. The summed E-state index contributed by atoms with van der Waals surface area (Å²) < 4.78 is 14.6. The fourth-order valence-corrected chi connectivity index (χ4v) is 3.89. The molecular weight excluding hydrogens is 455 g/mol. The molecule has 0 aliphatic heterocycles. The van der Waals surface area contributed by atoms with E-state index in [0.717, 1.165) is 16.6 Å². The summed E-state index contributed by atoms with van der Waals surface area (Å²) in [5, 5.41) is 3.24. The average molecular weight is 473 g/mol. The number of carbonyl (C=O) groups excluding carboxylic acids is 1. The Labute approximate surface area is 198 Å². The van der Waals surface area contributed by atoms with Crippen LogP contribution in [0.3, 0.4) is 0 Å². The van der Waals surface area contributed by atoms with Crippen LogP contribution in [0.2, 0.25) is 5.02 Å². The monoisotopic (exact) mass is 472 g/mol. The number of imidazole rings is 1. The molecule has 3 aromatic carbocycles. The number of H-pyrrole nitrogens is 1. The van der Waals surface area contributed by atoms with Crippen molar-refractivity contribution in [2.75, 3.05) is 5.32 Å². The van der Waals surface area contributed by atoms with E-state index >= 15 is 0 Å². The maximum Gasteiger partial charge on any atom is 0.263 e. The number of hydrogen-bond donors (Lipinski definition) is 2. The highest BCUT2D eigenvalue weighted by molar-refractivity contribution is 6.33. The summed E-state index contributed by atoms with van der Waals surface area (Å²) in [7, 11) is 0. The van der Waals surface area contributed by atoms with Crippen LogP contribution in [-0.2, 0) is 6.54 Å². The molecule has 5 aromatic rings. The van der Waals surface area contributed by atoms with Crippen LogP contribution in [0.1, 0.15) is 15.9 Å². The molecule has 0 aliphatic carbocycles. The van der Waals surface area contributed by atoms with E-state index in [0.29, 0.717) is 22.1 Å². The minimum absolute atomic E-state index is 0.00940. The normalized spacial score (nSPS) is 11.0. The number of para-hydroxylation sites is 2. The summed E-state index contributed by atoms with van der Waals surface area (Å²) in [5.41, 5.74) is 3.05. The Morgan fingerprint density at radius 2 is 1.82 bits per heavy atom. The number of rotatable bonds is 5. The first kappa shape index (κ1) is 21.6. The van der Waals surface area contributed by atoms with E-state index in [4.69, 9.17) is 11.6 Å². The quantitative estimate of drug-likeness (QED) is 0.355. The zero-order chi connectivity index (χ0) is 23.7. The summed E-state index contributed by atoms with van der Waals surface area (Å²) >= 11 is 6.40. The molecule has 34 heavy (non-hydrogen) atoms. The number of nitrogens with zero attached hydrogens (tertiary/aromatic N) is 2. The van der Waals surface area contributed by atoms with Crippen molar-refractivity contribution in [3.8, 4) is 11.4 Å². The van der Waals surface area contributed by atoms with Gasteiger partial charge in [-0.05, 0) is 60.2 Å². The van der Waals surface area contributed by atoms with E-state index in [1.807, 2.05) is 24.3 Å². The van der Waals surface area contributed by atoms with Crippen LogP contribution in [0, 0.1) is 5.82 Å². The lowest BCUT2D eigenvalue weighted by Gasteiger charge is -2.10. The zero-order valence-corrected chi connectivity index (χ0v) is 18.5. The van der Waals surface area contributed by atoms with Crippen molar-refractivity contribution in [3.05, 3.63) is 117 Å². The number of hydrogen-bond acceptors (Lipinski definition) is 3. The third kappa shape index (κ3) is 4.33. The maximum absolute atomic E-state index is 13.2. The van der Waals surface area contributed by atoms with Crippen LogP contribution in [0.5, 0.6) is 0 Å². The molecule has 8 heteroatoms. The molecule has 0 fully saturated rings. The van der Waals surface area contributed by atoms with E-state index in [2.05, 4.69) is 15.3 Å². The number of fused-ring (bicyclic) bond motifs is 1. The minimum Gasteiger partial charge on any atom is -0.338 e. The smallest absolute Gasteiger partial charge is 0.263 e. The maximum atomic E-state index is 13.2. The van der Waals surface area contributed by atoms with Gasteiger partial charge >= 0.3 is 0 Å². The van der Waals surface area contributed by atoms with Crippen LogP contribution < -0.4 is 10.9 Å². The second kappa shape index (κ2) is 8.96. The molecule has 0 saturated carbocycles. The molecule has 0 radical (unpaired) electrons. The van der Waals surface area contributed by atoms with Crippen LogP contribution in [-0.4, -0.2) is 20.4 Å². The van der Waals surface area contributed by atoms with E-state index in [1.165, 1.54) is 22.8 Å². The van der Waals surface area contributed by atoms with Crippen molar-refractivity contribution in [3.63, 3.8) is 0 Å². The van der Waals surface area contributed by atoms with Crippen LogP contribution in [0.15, 0.2) is 89.9 Å². The highest BCUT2D eigenvalue weighted by atomic mass is 35.5. The van der Waals surface area contributed by atoms with Crippen molar-refractivity contribution in [2.24, 2.45) is 0 Å². The predicted octanol–water partition coefficient (Wildman–Crippen LogP) is 5.48. The molecule has 2 aromatic heterocycles. The van der Waals surface area contributed by atoms with Gasteiger partial charge in [0.25, 0.3) is 11.5 Å². The van der Waals surface area contributed by atoms with Gasteiger partial charge in [0, 0.05) is 17.4 Å². The highest BCUT2D eigenvalue weighted by Crippen LogP contribution is 2.30. The molecule has 0 unspecified atom stereocenters. The molecule has 2 N–H and O–H groups in total. The molecule has 5 rings (SSSR count). The lowest BCUT2D eigenvalue weighted by molar-refractivity contribution is 0.102. The van der Waals surface area contributed by atoms with Crippen molar-refractivity contribution in [1.29, 1.82) is 0 Å². The lowest BCUT2D eigenvalue weighted by atomic mass is 10.1. The number of benzene rings is 3. The van der Waals surface area contributed by atoms with Gasteiger partial charge in [-0.2, -0.15) is 0 Å². The molecule has 0 saturated heterocycles. The largest absolute Gasteiger partial charge is 0.338 e. The topological polar surface area (TPSA) is 79.8 Å².